The summed E-state index contributed by atoms with van der Waals surface area (Å²) in [5.41, 5.74) is 2.39. The molecular weight excluding hydrogens is 400 g/mol. The van der Waals surface area contributed by atoms with E-state index in [0.29, 0.717) is 40.7 Å². The molecule has 0 bridgehead atoms. The number of rotatable bonds is 5. The molecule has 1 aromatic heterocycles. The van der Waals surface area contributed by atoms with Crippen molar-refractivity contribution in [3.05, 3.63) is 76.5 Å². The summed E-state index contributed by atoms with van der Waals surface area (Å²) in [4.78, 5) is 15.4. The van der Waals surface area contributed by atoms with Gasteiger partial charge in [-0.05, 0) is 37.8 Å². The van der Waals surface area contributed by atoms with Crippen LogP contribution in [0.25, 0.3) is 11.3 Å². The molecule has 1 unspecified atom stereocenters. The van der Waals surface area contributed by atoms with E-state index in [2.05, 4.69) is 17.3 Å². The second-order valence-corrected chi connectivity index (χ2v) is 8.50. The highest BCUT2D eigenvalue weighted by Gasteiger charge is 2.38. The smallest absolute Gasteiger partial charge is 0.259 e. The number of benzene rings is 2. The van der Waals surface area contributed by atoms with Crippen LogP contribution in [0, 0.1) is 12.3 Å². The van der Waals surface area contributed by atoms with Crippen LogP contribution in [0.2, 0.25) is 5.02 Å². The van der Waals surface area contributed by atoms with Gasteiger partial charge in [-0.1, -0.05) is 65.3 Å². The van der Waals surface area contributed by atoms with Crippen molar-refractivity contribution < 1.29 is 14.4 Å². The normalized spacial score (nSPS) is 19.1. The number of aryl methyl sites for hydroxylation is 1. The maximum Gasteiger partial charge on any atom is 0.259 e. The van der Waals surface area contributed by atoms with Gasteiger partial charge in [0, 0.05) is 24.1 Å². The number of hydrogen-bond donors (Lipinski definition) is 1. The summed E-state index contributed by atoms with van der Waals surface area (Å²) >= 11 is 6.35. The summed E-state index contributed by atoms with van der Waals surface area (Å²) in [6.45, 7) is 2.91. The number of aliphatic hydroxyl groups excluding tert-OH is 1. The average molecular weight is 425 g/mol. The minimum Gasteiger partial charge on any atom is -0.396 e. The molecule has 30 heavy (non-hydrogen) atoms. The Kier molecular flexibility index (Phi) is 5.93. The molecule has 1 N–H and O–H groups in total. The average Bonchev–Trinajstić information content (AvgIpc) is 3.15. The number of carbonyl (C=O) groups excluding carboxylic acids is 1. The number of amides is 1. The van der Waals surface area contributed by atoms with E-state index in [4.69, 9.17) is 16.1 Å². The number of aromatic nitrogens is 1. The monoisotopic (exact) mass is 424 g/mol. The van der Waals surface area contributed by atoms with Crippen molar-refractivity contribution in [1.82, 2.24) is 10.1 Å². The van der Waals surface area contributed by atoms with Crippen molar-refractivity contribution in [3.8, 4) is 11.3 Å². The summed E-state index contributed by atoms with van der Waals surface area (Å²) in [6, 6.07) is 17.4. The van der Waals surface area contributed by atoms with Crippen molar-refractivity contribution in [3.63, 3.8) is 0 Å². The number of hydrogen-bond acceptors (Lipinski definition) is 4. The third-order valence-corrected chi connectivity index (χ3v) is 6.24. The van der Waals surface area contributed by atoms with Crippen molar-refractivity contribution in [2.75, 3.05) is 19.7 Å². The largest absolute Gasteiger partial charge is 0.396 e. The zero-order valence-electron chi connectivity index (χ0n) is 17.0. The molecule has 2 aromatic carbocycles. The van der Waals surface area contributed by atoms with Gasteiger partial charge in [-0.15, -0.1) is 0 Å². The SMILES string of the molecule is Cc1onc(-c2ccccc2Cl)c1C(=O)N1CCCC(CO)(Cc2ccccc2)C1. The Labute approximate surface area is 181 Å². The molecule has 1 saturated heterocycles. The summed E-state index contributed by atoms with van der Waals surface area (Å²) in [5.74, 6) is 0.340. The lowest BCUT2D eigenvalue weighted by atomic mass is 9.75. The summed E-state index contributed by atoms with van der Waals surface area (Å²) in [5, 5.41) is 14.9. The first-order valence-electron chi connectivity index (χ1n) is 10.2. The van der Waals surface area contributed by atoms with E-state index in [9.17, 15) is 9.90 Å². The van der Waals surface area contributed by atoms with Crippen LogP contribution in [0.1, 0.15) is 34.5 Å². The zero-order valence-corrected chi connectivity index (χ0v) is 17.7. The number of piperidine rings is 1. The first kappa shape index (κ1) is 20.6. The standard InChI is InChI=1S/C24H25ClN2O3/c1-17-21(22(26-30-17)19-10-5-6-11-20(19)25)23(29)27-13-7-12-24(15-27,16-28)14-18-8-3-2-4-9-18/h2-6,8-11,28H,7,12-16H2,1H3. The fourth-order valence-corrected chi connectivity index (χ4v) is 4.58. The quantitative estimate of drug-likeness (QED) is 0.641. The summed E-state index contributed by atoms with van der Waals surface area (Å²) in [6.07, 6.45) is 2.45. The third kappa shape index (κ3) is 4.00. The Bertz CT molecular complexity index is 1030. The van der Waals surface area contributed by atoms with E-state index in [-0.39, 0.29) is 17.9 Å². The van der Waals surface area contributed by atoms with Crippen LogP contribution >= 0.6 is 11.6 Å². The summed E-state index contributed by atoms with van der Waals surface area (Å²) in [7, 11) is 0. The minimum atomic E-state index is -0.356. The van der Waals surface area contributed by atoms with E-state index in [1.807, 2.05) is 41.3 Å². The fourth-order valence-electron chi connectivity index (χ4n) is 4.36. The summed E-state index contributed by atoms with van der Waals surface area (Å²) < 4.78 is 5.39. The maximum absolute atomic E-state index is 13.5. The van der Waals surface area contributed by atoms with E-state index < -0.39 is 0 Å². The number of halogens is 1. The van der Waals surface area contributed by atoms with Crippen molar-refractivity contribution in [2.45, 2.75) is 26.2 Å². The maximum atomic E-state index is 13.5. The van der Waals surface area contributed by atoms with Gasteiger partial charge in [0.25, 0.3) is 5.91 Å². The van der Waals surface area contributed by atoms with Crippen LogP contribution in [0.4, 0.5) is 0 Å². The predicted molar refractivity (Wildman–Crippen MR) is 116 cm³/mol. The first-order valence-corrected chi connectivity index (χ1v) is 10.6. The molecule has 0 radical (unpaired) electrons. The van der Waals surface area contributed by atoms with Gasteiger partial charge in [0.15, 0.2) is 0 Å². The highest BCUT2D eigenvalue weighted by atomic mass is 35.5. The molecular formula is C24H25ClN2O3. The Balaban J connectivity index is 1.63. The lowest BCUT2D eigenvalue weighted by Gasteiger charge is -2.42. The molecule has 1 atom stereocenters. The molecule has 1 aliphatic rings. The molecule has 2 heterocycles. The fraction of sp³-hybridized carbons (Fsp3) is 0.333. The van der Waals surface area contributed by atoms with Crippen LogP contribution in [-0.4, -0.2) is 40.8 Å². The van der Waals surface area contributed by atoms with Gasteiger partial charge >= 0.3 is 0 Å². The van der Waals surface area contributed by atoms with Crippen molar-refractivity contribution in [2.24, 2.45) is 5.41 Å². The molecule has 1 amide bonds. The van der Waals surface area contributed by atoms with E-state index >= 15 is 0 Å². The molecule has 4 rings (SSSR count). The Hall–Kier alpha value is -2.63. The molecule has 1 fully saturated rings. The lowest BCUT2D eigenvalue weighted by molar-refractivity contribution is 0.0271. The Morgan fingerprint density at radius 1 is 1.20 bits per heavy atom. The Morgan fingerprint density at radius 3 is 2.67 bits per heavy atom. The molecule has 5 nitrogen and oxygen atoms in total. The van der Waals surface area contributed by atoms with Crippen molar-refractivity contribution in [1.29, 1.82) is 0 Å². The zero-order chi connectivity index (χ0) is 21.1. The third-order valence-electron chi connectivity index (χ3n) is 5.91. The van der Waals surface area contributed by atoms with Crippen LogP contribution in [0.3, 0.4) is 0 Å². The predicted octanol–water partition coefficient (Wildman–Crippen LogP) is 4.76. The van der Waals surface area contributed by atoms with Gasteiger partial charge in [0.05, 0.1) is 11.6 Å². The van der Waals surface area contributed by atoms with E-state index in [0.717, 1.165) is 19.3 Å². The Morgan fingerprint density at radius 2 is 1.93 bits per heavy atom. The van der Waals surface area contributed by atoms with Gasteiger partial charge in [0.1, 0.15) is 17.0 Å². The van der Waals surface area contributed by atoms with Gasteiger partial charge in [-0.2, -0.15) is 0 Å². The second kappa shape index (κ2) is 8.62. The van der Waals surface area contributed by atoms with Crippen LogP contribution in [0.5, 0.6) is 0 Å². The minimum absolute atomic E-state index is 0.0334. The van der Waals surface area contributed by atoms with E-state index in [1.54, 1.807) is 13.0 Å². The molecule has 3 aromatic rings. The number of likely N-dealkylation sites (tertiary alicyclic amines) is 1. The highest BCUT2D eigenvalue weighted by Crippen LogP contribution is 2.36. The molecule has 0 saturated carbocycles. The highest BCUT2D eigenvalue weighted by molar-refractivity contribution is 6.33. The van der Waals surface area contributed by atoms with Crippen LogP contribution in [-0.2, 0) is 6.42 Å². The van der Waals surface area contributed by atoms with Crippen LogP contribution < -0.4 is 0 Å². The lowest BCUT2D eigenvalue weighted by Crippen LogP contribution is -2.49. The van der Waals surface area contributed by atoms with Crippen molar-refractivity contribution >= 4 is 17.5 Å². The molecule has 0 aliphatic carbocycles. The van der Waals surface area contributed by atoms with Gasteiger partial charge < -0.3 is 14.5 Å². The molecule has 0 spiro atoms. The van der Waals surface area contributed by atoms with E-state index in [1.165, 1.54) is 5.56 Å². The first-order chi connectivity index (χ1) is 14.5. The number of carbonyl (C=O) groups is 1. The molecule has 1 aliphatic heterocycles. The number of aliphatic hydroxyl groups is 1. The topological polar surface area (TPSA) is 66.6 Å². The molecule has 156 valence electrons. The van der Waals surface area contributed by atoms with Gasteiger partial charge in [-0.3, -0.25) is 4.79 Å². The molecule has 6 heteroatoms. The van der Waals surface area contributed by atoms with Crippen LogP contribution in [0.15, 0.2) is 59.1 Å². The second-order valence-electron chi connectivity index (χ2n) is 8.09. The number of nitrogens with zero attached hydrogens (tertiary/aromatic N) is 2. The van der Waals surface area contributed by atoms with Gasteiger partial charge in [-0.25, -0.2) is 0 Å². The van der Waals surface area contributed by atoms with Gasteiger partial charge in [0.2, 0.25) is 0 Å².